The lowest BCUT2D eigenvalue weighted by Crippen LogP contribution is -2.47. The molecule has 5 nitrogen and oxygen atoms in total. The Morgan fingerprint density at radius 3 is 2.00 bits per heavy atom. The number of rotatable bonds is 6. The van der Waals surface area contributed by atoms with E-state index in [1.807, 2.05) is 11.8 Å². The summed E-state index contributed by atoms with van der Waals surface area (Å²) in [4.78, 5) is 15.5. The minimum atomic E-state index is -2.19. The number of benzene rings is 3. The SMILES string of the molecule is CCOc1ccc(C(=O)Nc2ccc(N3CCN(c4c(F)c(F)c(F)c(F)c4F)CC3)c(Cl)c2)cc1Cl. The Balaban J connectivity index is 1.43. The fraction of sp³-hybridized carbons (Fsp3) is 0.240. The van der Waals surface area contributed by atoms with Crippen LogP contribution < -0.4 is 19.9 Å². The number of hydrogen-bond donors (Lipinski definition) is 1. The van der Waals surface area contributed by atoms with Crippen LogP contribution in [0.4, 0.5) is 39.0 Å². The van der Waals surface area contributed by atoms with E-state index in [2.05, 4.69) is 5.32 Å². The number of hydrogen-bond acceptors (Lipinski definition) is 4. The zero-order valence-electron chi connectivity index (χ0n) is 19.4. The van der Waals surface area contributed by atoms with Crippen molar-refractivity contribution in [3.8, 4) is 5.75 Å². The first-order valence-corrected chi connectivity index (χ1v) is 11.9. The van der Waals surface area contributed by atoms with Gasteiger partial charge in [0, 0.05) is 37.4 Å². The van der Waals surface area contributed by atoms with E-state index in [1.165, 1.54) is 6.07 Å². The molecule has 1 fully saturated rings. The lowest BCUT2D eigenvalue weighted by Gasteiger charge is -2.38. The summed E-state index contributed by atoms with van der Waals surface area (Å²) in [7, 11) is 0. The van der Waals surface area contributed by atoms with Gasteiger partial charge in [-0.1, -0.05) is 23.2 Å². The molecule has 12 heteroatoms. The Morgan fingerprint density at radius 1 is 0.838 bits per heavy atom. The van der Waals surface area contributed by atoms with Gasteiger partial charge in [0.1, 0.15) is 11.4 Å². The molecule has 0 atom stereocenters. The van der Waals surface area contributed by atoms with Crippen LogP contribution >= 0.6 is 23.2 Å². The van der Waals surface area contributed by atoms with Crippen LogP contribution in [0.15, 0.2) is 36.4 Å². The van der Waals surface area contributed by atoms with Gasteiger partial charge >= 0.3 is 0 Å². The summed E-state index contributed by atoms with van der Waals surface area (Å²) in [5.74, 6) is -9.83. The minimum Gasteiger partial charge on any atom is -0.492 e. The summed E-state index contributed by atoms with van der Waals surface area (Å²) in [5, 5.41) is 3.33. The summed E-state index contributed by atoms with van der Waals surface area (Å²) in [6.45, 7) is 2.64. The van der Waals surface area contributed by atoms with Crippen molar-refractivity contribution in [3.05, 3.63) is 81.1 Å². The van der Waals surface area contributed by atoms with Crippen LogP contribution in [-0.2, 0) is 0 Å². The maximum Gasteiger partial charge on any atom is 0.255 e. The van der Waals surface area contributed by atoms with Gasteiger partial charge in [-0.3, -0.25) is 4.79 Å². The van der Waals surface area contributed by atoms with Crippen molar-refractivity contribution in [2.75, 3.05) is 47.9 Å². The molecule has 37 heavy (non-hydrogen) atoms. The maximum absolute atomic E-state index is 14.2. The first-order valence-electron chi connectivity index (χ1n) is 11.2. The molecule has 0 aromatic heterocycles. The lowest BCUT2D eigenvalue weighted by atomic mass is 10.1. The molecule has 0 saturated carbocycles. The topological polar surface area (TPSA) is 44.8 Å². The summed E-state index contributed by atoms with van der Waals surface area (Å²) in [6, 6.07) is 9.50. The molecular formula is C25H20Cl2F5N3O2. The number of carbonyl (C=O) groups is 1. The van der Waals surface area contributed by atoms with Gasteiger partial charge in [-0.25, -0.2) is 22.0 Å². The fourth-order valence-corrected chi connectivity index (χ4v) is 4.54. The highest BCUT2D eigenvalue weighted by Crippen LogP contribution is 2.34. The van der Waals surface area contributed by atoms with Gasteiger partial charge in [0.25, 0.3) is 5.91 Å². The Bertz CT molecular complexity index is 1320. The van der Waals surface area contributed by atoms with Gasteiger partial charge in [0.15, 0.2) is 23.3 Å². The molecule has 3 aromatic rings. The largest absolute Gasteiger partial charge is 0.492 e. The molecule has 0 aliphatic carbocycles. The molecule has 1 N–H and O–H groups in total. The maximum atomic E-state index is 14.2. The standard InChI is InChI=1S/C25H20Cl2F5N3O2/c1-2-37-18-6-3-13(11-16(18)27)25(36)33-14-4-5-17(15(26)12-14)34-7-9-35(10-8-34)24-22(31)20(29)19(28)21(30)23(24)32/h3-6,11-12H,2,7-10H2,1H3,(H,33,36). The molecule has 1 aliphatic rings. The van der Waals surface area contributed by atoms with Gasteiger partial charge in [0.2, 0.25) is 5.82 Å². The number of ether oxygens (including phenoxy) is 1. The predicted molar refractivity (Wildman–Crippen MR) is 133 cm³/mol. The molecule has 0 radical (unpaired) electrons. The molecule has 0 unspecified atom stereocenters. The van der Waals surface area contributed by atoms with Gasteiger partial charge in [0.05, 0.1) is 22.3 Å². The number of nitrogens with one attached hydrogen (secondary N) is 1. The quantitative estimate of drug-likeness (QED) is 0.208. The molecule has 1 aliphatic heterocycles. The molecule has 1 heterocycles. The van der Waals surface area contributed by atoms with E-state index in [1.54, 1.807) is 30.3 Å². The number of anilines is 3. The zero-order valence-corrected chi connectivity index (χ0v) is 20.9. The Morgan fingerprint density at radius 2 is 1.43 bits per heavy atom. The van der Waals surface area contributed by atoms with E-state index in [9.17, 15) is 26.7 Å². The highest BCUT2D eigenvalue weighted by molar-refractivity contribution is 6.34. The van der Waals surface area contributed by atoms with E-state index >= 15 is 0 Å². The highest BCUT2D eigenvalue weighted by atomic mass is 35.5. The summed E-state index contributed by atoms with van der Waals surface area (Å²) < 4.78 is 74.3. The predicted octanol–water partition coefficient (Wildman–Crippen LogP) is 6.67. The molecule has 0 spiro atoms. The van der Waals surface area contributed by atoms with Gasteiger partial charge < -0.3 is 19.9 Å². The average molecular weight is 560 g/mol. The van der Waals surface area contributed by atoms with Crippen LogP contribution in [0.25, 0.3) is 0 Å². The third kappa shape index (κ3) is 5.40. The second-order valence-electron chi connectivity index (χ2n) is 8.09. The third-order valence-electron chi connectivity index (χ3n) is 5.82. The van der Waals surface area contributed by atoms with E-state index in [0.717, 1.165) is 4.90 Å². The van der Waals surface area contributed by atoms with E-state index in [0.29, 0.717) is 39.3 Å². The van der Waals surface area contributed by atoms with Crippen molar-refractivity contribution in [1.29, 1.82) is 0 Å². The van der Waals surface area contributed by atoms with Crippen LogP contribution in [0, 0.1) is 29.1 Å². The van der Waals surface area contributed by atoms with Crippen molar-refractivity contribution >= 4 is 46.2 Å². The second-order valence-corrected chi connectivity index (χ2v) is 8.91. The first kappa shape index (κ1) is 26.8. The molecule has 4 rings (SSSR count). The molecule has 3 aromatic carbocycles. The monoisotopic (exact) mass is 559 g/mol. The molecule has 1 amide bonds. The summed E-state index contributed by atoms with van der Waals surface area (Å²) >= 11 is 12.6. The highest BCUT2D eigenvalue weighted by Gasteiger charge is 2.31. The van der Waals surface area contributed by atoms with E-state index in [4.69, 9.17) is 27.9 Å². The summed E-state index contributed by atoms with van der Waals surface area (Å²) in [5.41, 5.74) is 0.372. The number of amides is 1. The molecule has 1 saturated heterocycles. The number of halogens is 7. The smallest absolute Gasteiger partial charge is 0.255 e. The first-order chi connectivity index (χ1) is 17.6. The fourth-order valence-electron chi connectivity index (χ4n) is 4.00. The van der Waals surface area contributed by atoms with E-state index < -0.39 is 40.7 Å². The van der Waals surface area contributed by atoms with Crippen LogP contribution in [0.1, 0.15) is 17.3 Å². The Hall–Kier alpha value is -3.24. The minimum absolute atomic E-state index is 0.00827. The number of carbonyl (C=O) groups excluding carboxylic acids is 1. The van der Waals surface area contributed by atoms with Gasteiger partial charge in [-0.2, -0.15) is 0 Å². The normalized spacial score (nSPS) is 13.6. The molecule has 0 bridgehead atoms. The van der Waals surface area contributed by atoms with Crippen molar-refractivity contribution < 1.29 is 31.5 Å². The molecular weight excluding hydrogens is 540 g/mol. The van der Waals surface area contributed by atoms with Crippen LogP contribution in [-0.4, -0.2) is 38.7 Å². The van der Waals surface area contributed by atoms with Gasteiger partial charge in [-0.15, -0.1) is 0 Å². The number of piperazine rings is 1. The Labute approximate surface area is 219 Å². The van der Waals surface area contributed by atoms with Crippen molar-refractivity contribution in [2.45, 2.75) is 6.92 Å². The summed E-state index contributed by atoms with van der Waals surface area (Å²) in [6.07, 6.45) is 0. The Kier molecular flexibility index (Phi) is 7.99. The number of nitrogens with zero attached hydrogens (tertiary/aromatic N) is 2. The van der Waals surface area contributed by atoms with Gasteiger partial charge in [-0.05, 0) is 43.3 Å². The molecule has 196 valence electrons. The average Bonchev–Trinajstić information content (AvgIpc) is 2.88. The van der Waals surface area contributed by atoms with E-state index in [-0.39, 0.29) is 26.2 Å². The van der Waals surface area contributed by atoms with Crippen molar-refractivity contribution in [1.82, 2.24) is 0 Å². The van der Waals surface area contributed by atoms with Crippen molar-refractivity contribution in [2.24, 2.45) is 0 Å². The second kappa shape index (κ2) is 11.0. The lowest BCUT2D eigenvalue weighted by molar-refractivity contribution is 0.102. The van der Waals surface area contributed by atoms with Crippen molar-refractivity contribution in [3.63, 3.8) is 0 Å². The third-order valence-corrected chi connectivity index (χ3v) is 6.42. The van der Waals surface area contributed by atoms with Crippen LogP contribution in [0.3, 0.4) is 0 Å². The van der Waals surface area contributed by atoms with Crippen LogP contribution in [0.2, 0.25) is 10.0 Å². The zero-order chi connectivity index (χ0) is 26.9. The van der Waals surface area contributed by atoms with Crippen LogP contribution in [0.5, 0.6) is 5.75 Å².